The van der Waals surface area contributed by atoms with Crippen LogP contribution in [0.15, 0.2) is 30.0 Å². The molecule has 0 radical (unpaired) electrons. The minimum Gasteiger partial charge on any atom is -0.347 e. The number of likely N-dealkylation sites (N-methyl/N-ethyl adjacent to an activating group) is 1. The van der Waals surface area contributed by atoms with Crippen LogP contribution in [0.25, 0.3) is 0 Å². The zero-order chi connectivity index (χ0) is 13.3. The van der Waals surface area contributed by atoms with E-state index in [0.29, 0.717) is 0 Å². The van der Waals surface area contributed by atoms with Crippen LogP contribution < -0.4 is 4.90 Å². The van der Waals surface area contributed by atoms with Crippen molar-refractivity contribution in [3.63, 3.8) is 0 Å². The van der Waals surface area contributed by atoms with Gasteiger partial charge in [-0.15, -0.1) is 0 Å². The molecule has 1 aromatic rings. The average molecular weight is 264 g/mol. The number of fused-ring (bicyclic) bond motifs is 1. The van der Waals surface area contributed by atoms with Crippen LogP contribution in [0.3, 0.4) is 0 Å². The molecule has 1 heterocycles. The van der Waals surface area contributed by atoms with E-state index in [2.05, 4.69) is 18.7 Å². The molecular weight excluding hydrogens is 246 g/mol. The molecule has 0 fully saturated rings. The molecule has 1 aromatic carbocycles. The lowest BCUT2D eigenvalue weighted by molar-refractivity contribution is -0.104. The molecule has 2 nitrogen and oxygen atoms in total. The molecule has 0 amide bonds. The van der Waals surface area contributed by atoms with Crippen LogP contribution in [-0.4, -0.2) is 13.3 Å². The Balaban J connectivity index is 2.72. The van der Waals surface area contributed by atoms with Gasteiger partial charge in [-0.2, -0.15) is 0 Å². The molecule has 3 heteroatoms. The number of benzene rings is 1. The van der Waals surface area contributed by atoms with Gasteiger partial charge >= 0.3 is 0 Å². The molecule has 2 rings (SSSR count). The Kier molecular flexibility index (Phi) is 3.49. The number of carbonyl (C=O) groups excluding carboxylic acids is 1. The number of aldehydes is 1. The minimum absolute atomic E-state index is 0.0874. The molecule has 1 aliphatic heterocycles. The van der Waals surface area contributed by atoms with Gasteiger partial charge in [-0.3, -0.25) is 4.79 Å². The number of nitrogens with zero attached hydrogens (tertiary/aromatic N) is 1. The number of rotatable bonds is 3. The van der Waals surface area contributed by atoms with Gasteiger partial charge in [0.2, 0.25) is 0 Å². The SMILES string of the molecule is CCC1(CC)C(=CC=O)N(C)c2ccc(Cl)cc21. The van der Waals surface area contributed by atoms with Crippen LogP contribution in [0, 0.1) is 0 Å². The number of allylic oxidation sites excluding steroid dienone is 2. The van der Waals surface area contributed by atoms with E-state index in [9.17, 15) is 4.79 Å². The Morgan fingerprint density at radius 2 is 2.00 bits per heavy atom. The van der Waals surface area contributed by atoms with Gasteiger partial charge in [0.1, 0.15) is 6.29 Å². The molecule has 96 valence electrons. The quantitative estimate of drug-likeness (QED) is 0.608. The normalized spacial score (nSPS) is 19.1. The van der Waals surface area contributed by atoms with Gasteiger partial charge in [-0.05, 0) is 42.7 Å². The van der Waals surface area contributed by atoms with Gasteiger partial charge < -0.3 is 4.90 Å². The molecule has 0 bridgehead atoms. The van der Waals surface area contributed by atoms with Crippen molar-refractivity contribution in [2.75, 3.05) is 11.9 Å². The zero-order valence-corrected chi connectivity index (χ0v) is 11.8. The summed E-state index contributed by atoms with van der Waals surface area (Å²) < 4.78 is 0. The van der Waals surface area contributed by atoms with Crippen molar-refractivity contribution < 1.29 is 4.79 Å². The Morgan fingerprint density at radius 1 is 1.33 bits per heavy atom. The summed E-state index contributed by atoms with van der Waals surface area (Å²) in [6, 6.07) is 5.96. The predicted molar refractivity (Wildman–Crippen MR) is 76.3 cm³/mol. The first kappa shape index (κ1) is 13.2. The van der Waals surface area contributed by atoms with E-state index in [1.807, 2.05) is 25.2 Å². The second-order valence-electron chi connectivity index (χ2n) is 4.70. The summed E-state index contributed by atoms with van der Waals surface area (Å²) in [5.41, 5.74) is 3.36. The third-order valence-electron chi connectivity index (χ3n) is 4.12. The maximum atomic E-state index is 10.9. The maximum Gasteiger partial charge on any atom is 0.144 e. The molecular formula is C15H18ClNO. The summed E-state index contributed by atoms with van der Waals surface area (Å²) in [5.74, 6) is 0. The Morgan fingerprint density at radius 3 is 2.56 bits per heavy atom. The number of hydrogen-bond acceptors (Lipinski definition) is 2. The van der Waals surface area contributed by atoms with E-state index in [4.69, 9.17) is 11.6 Å². The lowest BCUT2D eigenvalue weighted by Gasteiger charge is -2.30. The summed E-state index contributed by atoms with van der Waals surface area (Å²) in [4.78, 5) is 13.0. The highest BCUT2D eigenvalue weighted by Gasteiger charge is 2.43. The van der Waals surface area contributed by atoms with Crippen molar-refractivity contribution in [3.05, 3.63) is 40.6 Å². The van der Waals surface area contributed by atoms with E-state index in [1.54, 1.807) is 6.08 Å². The highest BCUT2D eigenvalue weighted by atomic mass is 35.5. The fourth-order valence-corrected chi connectivity index (χ4v) is 3.27. The van der Waals surface area contributed by atoms with Gasteiger partial charge in [0.25, 0.3) is 0 Å². The second kappa shape index (κ2) is 4.77. The van der Waals surface area contributed by atoms with Crippen molar-refractivity contribution in [2.45, 2.75) is 32.1 Å². The first-order chi connectivity index (χ1) is 8.60. The Labute approximate surface area is 113 Å². The molecule has 0 aliphatic carbocycles. The first-order valence-electron chi connectivity index (χ1n) is 6.30. The third-order valence-corrected chi connectivity index (χ3v) is 4.36. The molecule has 0 spiro atoms. The first-order valence-corrected chi connectivity index (χ1v) is 6.68. The molecule has 0 saturated heterocycles. The summed E-state index contributed by atoms with van der Waals surface area (Å²) in [7, 11) is 2.01. The van der Waals surface area contributed by atoms with E-state index in [0.717, 1.165) is 35.5 Å². The number of halogens is 1. The van der Waals surface area contributed by atoms with Crippen LogP contribution in [-0.2, 0) is 10.2 Å². The molecule has 0 unspecified atom stereocenters. The van der Waals surface area contributed by atoms with E-state index in [-0.39, 0.29) is 5.41 Å². The highest BCUT2D eigenvalue weighted by Crippen LogP contribution is 2.51. The van der Waals surface area contributed by atoms with E-state index in [1.165, 1.54) is 5.56 Å². The van der Waals surface area contributed by atoms with Crippen LogP contribution in [0.4, 0.5) is 5.69 Å². The fraction of sp³-hybridized carbons (Fsp3) is 0.400. The monoisotopic (exact) mass is 263 g/mol. The lowest BCUT2D eigenvalue weighted by Crippen LogP contribution is -2.28. The van der Waals surface area contributed by atoms with Gasteiger partial charge in [-0.1, -0.05) is 25.4 Å². The Bertz CT molecular complexity index is 503. The summed E-state index contributed by atoms with van der Waals surface area (Å²) in [5, 5.41) is 0.751. The largest absolute Gasteiger partial charge is 0.347 e. The third kappa shape index (κ3) is 1.67. The molecule has 0 aromatic heterocycles. The molecule has 18 heavy (non-hydrogen) atoms. The van der Waals surface area contributed by atoms with E-state index < -0.39 is 0 Å². The second-order valence-corrected chi connectivity index (χ2v) is 5.13. The number of anilines is 1. The van der Waals surface area contributed by atoms with Gasteiger partial charge in [0.15, 0.2) is 0 Å². The maximum absolute atomic E-state index is 10.9. The van der Waals surface area contributed by atoms with E-state index >= 15 is 0 Å². The number of hydrogen-bond donors (Lipinski definition) is 0. The van der Waals surface area contributed by atoms with Crippen LogP contribution in [0.5, 0.6) is 0 Å². The fourth-order valence-electron chi connectivity index (χ4n) is 3.10. The smallest absolute Gasteiger partial charge is 0.144 e. The van der Waals surface area contributed by atoms with Crippen molar-refractivity contribution >= 4 is 23.6 Å². The molecule has 0 N–H and O–H groups in total. The van der Waals surface area contributed by atoms with Crippen LogP contribution in [0.1, 0.15) is 32.3 Å². The molecule has 0 atom stereocenters. The van der Waals surface area contributed by atoms with Gasteiger partial charge in [-0.25, -0.2) is 0 Å². The standard InChI is InChI=1S/C15H18ClNO/c1-4-15(5-2)12-10-11(16)6-7-13(12)17(3)14(15)8-9-18/h6-10H,4-5H2,1-3H3. The van der Waals surface area contributed by atoms with Crippen molar-refractivity contribution in [1.29, 1.82) is 0 Å². The molecule has 0 saturated carbocycles. The van der Waals surface area contributed by atoms with Crippen molar-refractivity contribution in [2.24, 2.45) is 0 Å². The van der Waals surface area contributed by atoms with Crippen molar-refractivity contribution in [3.8, 4) is 0 Å². The van der Waals surface area contributed by atoms with Crippen molar-refractivity contribution in [1.82, 2.24) is 0 Å². The summed E-state index contributed by atoms with van der Waals surface area (Å²) >= 11 is 6.13. The van der Waals surface area contributed by atoms with Crippen LogP contribution >= 0.6 is 11.6 Å². The lowest BCUT2D eigenvalue weighted by atomic mass is 9.75. The Hall–Kier alpha value is -1.28. The predicted octanol–water partition coefficient (Wildman–Crippen LogP) is 3.93. The minimum atomic E-state index is -0.0874. The molecule has 1 aliphatic rings. The highest BCUT2D eigenvalue weighted by molar-refractivity contribution is 6.30. The summed E-state index contributed by atoms with van der Waals surface area (Å²) in [6.45, 7) is 4.32. The summed E-state index contributed by atoms with van der Waals surface area (Å²) in [6.07, 6.45) is 4.47. The number of carbonyl (C=O) groups is 1. The zero-order valence-electron chi connectivity index (χ0n) is 11.0. The average Bonchev–Trinajstić information content (AvgIpc) is 2.60. The van der Waals surface area contributed by atoms with Crippen LogP contribution in [0.2, 0.25) is 5.02 Å². The van der Waals surface area contributed by atoms with Gasteiger partial charge in [0.05, 0.1) is 0 Å². The topological polar surface area (TPSA) is 20.3 Å². The van der Waals surface area contributed by atoms with Gasteiger partial charge in [0, 0.05) is 28.9 Å².